The van der Waals surface area contributed by atoms with E-state index in [4.69, 9.17) is 4.74 Å². The highest BCUT2D eigenvalue weighted by atomic mass is 16.5. The molecule has 124 valence electrons. The number of hydrogen-bond donors (Lipinski definition) is 2. The van der Waals surface area contributed by atoms with Crippen LogP contribution in [0.4, 0.5) is 0 Å². The number of hydrogen-bond acceptors (Lipinski definition) is 4. The van der Waals surface area contributed by atoms with Gasteiger partial charge in [-0.1, -0.05) is 18.2 Å². The molecule has 1 aromatic carbocycles. The van der Waals surface area contributed by atoms with Crippen LogP contribution >= 0.6 is 0 Å². The van der Waals surface area contributed by atoms with Gasteiger partial charge in [0.2, 0.25) is 0 Å². The van der Waals surface area contributed by atoms with Crippen LogP contribution in [0.3, 0.4) is 0 Å². The molecule has 0 aliphatic carbocycles. The lowest BCUT2D eigenvalue weighted by atomic mass is 10.1. The van der Waals surface area contributed by atoms with E-state index in [-0.39, 0.29) is 12.1 Å². The number of aromatic amines is 1. The number of rotatable bonds is 5. The molecule has 3 aromatic rings. The molecule has 2 atom stereocenters. The molecule has 0 spiro atoms. The molecule has 4 rings (SSSR count). The minimum absolute atomic E-state index is 0.0389. The minimum atomic E-state index is 0.0389. The van der Waals surface area contributed by atoms with E-state index < -0.39 is 0 Å². The van der Waals surface area contributed by atoms with E-state index in [2.05, 4.69) is 38.9 Å². The first kappa shape index (κ1) is 15.1. The van der Waals surface area contributed by atoms with Crippen molar-refractivity contribution in [2.45, 2.75) is 32.0 Å². The molecule has 1 aliphatic heterocycles. The summed E-state index contributed by atoms with van der Waals surface area (Å²) in [5.41, 5.74) is 4.35. The number of nitrogens with one attached hydrogen (secondary N) is 2. The average Bonchev–Trinajstić information content (AvgIpc) is 3.34. The molecule has 1 aliphatic rings. The summed E-state index contributed by atoms with van der Waals surface area (Å²) in [6.45, 7) is 3.59. The fourth-order valence-corrected chi connectivity index (χ4v) is 3.15. The van der Waals surface area contributed by atoms with E-state index in [9.17, 15) is 0 Å². The number of aromatic nitrogens is 4. The van der Waals surface area contributed by atoms with Crippen molar-refractivity contribution in [3.05, 3.63) is 65.7 Å². The maximum Gasteiger partial charge on any atom is 0.114 e. The Morgan fingerprint density at radius 1 is 1.29 bits per heavy atom. The predicted octanol–water partition coefficient (Wildman–Crippen LogP) is 2.52. The Morgan fingerprint density at radius 2 is 2.17 bits per heavy atom. The lowest BCUT2D eigenvalue weighted by molar-refractivity contribution is 0.0950. The molecule has 0 unspecified atom stereocenters. The summed E-state index contributed by atoms with van der Waals surface area (Å²) in [5.74, 6) is 0. The molecule has 6 heteroatoms. The number of ether oxygens (including phenoxy) is 1. The van der Waals surface area contributed by atoms with Crippen LogP contribution in [-0.4, -0.2) is 32.6 Å². The summed E-state index contributed by atoms with van der Waals surface area (Å²) < 4.78 is 7.78. The molecule has 1 fully saturated rings. The van der Waals surface area contributed by atoms with Crippen LogP contribution in [0.2, 0.25) is 0 Å². The summed E-state index contributed by atoms with van der Waals surface area (Å²) in [6.07, 6.45) is 4.90. The van der Waals surface area contributed by atoms with Crippen LogP contribution in [0.1, 0.15) is 29.5 Å². The van der Waals surface area contributed by atoms with E-state index in [1.165, 1.54) is 5.56 Å². The van der Waals surface area contributed by atoms with Crippen molar-refractivity contribution in [1.82, 2.24) is 25.3 Å². The van der Waals surface area contributed by atoms with E-state index in [0.717, 1.165) is 36.6 Å². The third-order valence-electron chi connectivity index (χ3n) is 4.50. The highest BCUT2D eigenvalue weighted by Gasteiger charge is 2.30. The maximum absolute atomic E-state index is 5.85. The molecule has 0 amide bonds. The number of H-pyrrole nitrogens is 1. The van der Waals surface area contributed by atoms with Crippen molar-refractivity contribution in [2.75, 3.05) is 6.61 Å². The van der Waals surface area contributed by atoms with E-state index >= 15 is 0 Å². The second-order valence-corrected chi connectivity index (χ2v) is 6.10. The van der Waals surface area contributed by atoms with Gasteiger partial charge in [-0.25, -0.2) is 4.68 Å². The largest absolute Gasteiger partial charge is 0.370 e. The van der Waals surface area contributed by atoms with Crippen LogP contribution in [0, 0.1) is 6.92 Å². The molecule has 6 nitrogen and oxygen atoms in total. The molecular weight excluding hydrogens is 302 g/mol. The van der Waals surface area contributed by atoms with Gasteiger partial charge >= 0.3 is 0 Å². The SMILES string of the molecule is Cc1nn(-c2ccccc2)cc1CN[C@H]1CCO[C@@H]1c1ccn[nH]1. The van der Waals surface area contributed by atoms with Gasteiger partial charge in [0.1, 0.15) is 6.10 Å². The third-order valence-corrected chi connectivity index (χ3v) is 4.50. The van der Waals surface area contributed by atoms with Crippen LogP contribution in [-0.2, 0) is 11.3 Å². The highest BCUT2D eigenvalue weighted by Crippen LogP contribution is 2.28. The van der Waals surface area contributed by atoms with Crippen LogP contribution < -0.4 is 5.32 Å². The van der Waals surface area contributed by atoms with Crippen LogP contribution in [0.25, 0.3) is 5.69 Å². The molecule has 24 heavy (non-hydrogen) atoms. The normalized spacial score (nSPS) is 20.5. The molecule has 2 aromatic heterocycles. The smallest absolute Gasteiger partial charge is 0.114 e. The van der Waals surface area contributed by atoms with Crippen molar-refractivity contribution < 1.29 is 4.74 Å². The number of benzene rings is 1. The van der Waals surface area contributed by atoms with E-state index in [0.29, 0.717) is 0 Å². The van der Waals surface area contributed by atoms with Crippen LogP contribution in [0.5, 0.6) is 0 Å². The van der Waals surface area contributed by atoms with Crippen LogP contribution in [0.15, 0.2) is 48.8 Å². The van der Waals surface area contributed by atoms with Gasteiger partial charge in [0.15, 0.2) is 0 Å². The second-order valence-electron chi connectivity index (χ2n) is 6.10. The zero-order valence-electron chi connectivity index (χ0n) is 13.6. The first-order valence-electron chi connectivity index (χ1n) is 8.26. The second kappa shape index (κ2) is 6.59. The lowest BCUT2D eigenvalue weighted by Crippen LogP contribution is -2.31. The van der Waals surface area contributed by atoms with E-state index in [1.807, 2.05) is 35.9 Å². The first-order chi connectivity index (χ1) is 11.8. The molecule has 2 N–H and O–H groups in total. The van der Waals surface area contributed by atoms with Gasteiger partial charge < -0.3 is 10.1 Å². The molecule has 0 radical (unpaired) electrons. The topological polar surface area (TPSA) is 67.8 Å². The Labute approximate surface area is 140 Å². The van der Waals surface area contributed by atoms with Gasteiger partial charge in [-0.2, -0.15) is 10.2 Å². The average molecular weight is 323 g/mol. The summed E-state index contributed by atoms with van der Waals surface area (Å²) in [5, 5.41) is 15.3. The first-order valence-corrected chi connectivity index (χ1v) is 8.26. The summed E-state index contributed by atoms with van der Waals surface area (Å²) in [7, 11) is 0. The molecule has 1 saturated heterocycles. The zero-order valence-corrected chi connectivity index (χ0v) is 13.6. The van der Waals surface area contributed by atoms with Crippen molar-refractivity contribution in [3.63, 3.8) is 0 Å². The fraction of sp³-hybridized carbons (Fsp3) is 0.333. The molecule has 0 saturated carbocycles. The maximum atomic E-state index is 5.85. The van der Waals surface area contributed by atoms with Crippen molar-refractivity contribution >= 4 is 0 Å². The monoisotopic (exact) mass is 323 g/mol. The Hall–Kier alpha value is -2.44. The van der Waals surface area contributed by atoms with E-state index in [1.54, 1.807) is 6.20 Å². The van der Waals surface area contributed by atoms with Gasteiger partial charge in [0.05, 0.1) is 17.1 Å². The minimum Gasteiger partial charge on any atom is -0.370 e. The highest BCUT2D eigenvalue weighted by molar-refractivity contribution is 5.32. The summed E-state index contributed by atoms with van der Waals surface area (Å²) in [6, 6.07) is 12.4. The summed E-state index contributed by atoms with van der Waals surface area (Å²) >= 11 is 0. The van der Waals surface area contributed by atoms with Crippen molar-refractivity contribution in [2.24, 2.45) is 0 Å². The standard InChI is InChI=1S/C18H21N5O/c1-13-14(12-23(22-13)15-5-3-2-4-6-15)11-19-16-8-10-24-18(16)17-7-9-20-21-17/h2-7,9,12,16,18-19H,8,10-11H2,1H3,(H,20,21)/t16-,18-/m0/s1. The Kier molecular flexibility index (Phi) is 4.15. The molecule has 0 bridgehead atoms. The molecule has 3 heterocycles. The Morgan fingerprint density at radius 3 is 2.96 bits per heavy atom. The van der Waals surface area contributed by atoms with Gasteiger partial charge in [-0.05, 0) is 31.5 Å². The fourth-order valence-electron chi connectivity index (χ4n) is 3.15. The van der Waals surface area contributed by atoms with Gasteiger partial charge in [-0.3, -0.25) is 5.10 Å². The zero-order chi connectivity index (χ0) is 16.4. The third kappa shape index (κ3) is 2.98. The Bertz CT molecular complexity index is 781. The summed E-state index contributed by atoms with van der Waals surface area (Å²) in [4.78, 5) is 0. The quantitative estimate of drug-likeness (QED) is 0.757. The molecular formula is C18H21N5O. The number of nitrogens with zero attached hydrogens (tertiary/aromatic N) is 3. The van der Waals surface area contributed by atoms with Gasteiger partial charge in [0.25, 0.3) is 0 Å². The lowest BCUT2D eigenvalue weighted by Gasteiger charge is -2.18. The van der Waals surface area contributed by atoms with Crippen molar-refractivity contribution in [1.29, 1.82) is 0 Å². The van der Waals surface area contributed by atoms with Crippen molar-refractivity contribution in [3.8, 4) is 5.69 Å². The number of para-hydroxylation sites is 1. The van der Waals surface area contributed by atoms with Gasteiger partial charge in [0, 0.05) is 37.2 Å². The Balaban J connectivity index is 1.45. The van der Waals surface area contributed by atoms with Gasteiger partial charge in [-0.15, -0.1) is 0 Å². The predicted molar refractivity (Wildman–Crippen MR) is 90.8 cm³/mol. The number of aryl methyl sites for hydroxylation is 1.